The van der Waals surface area contributed by atoms with Gasteiger partial charge < -0.3 is 10.2 Å². The van der Waals surface area contributed by atoms with Crippen LogP contribution in [-0.2, 0) is 0 Å². The Morgan fingerprint density at radius 2 is 2.00 bits per heavy atom. The lowest BCUT2D eigenvalue weighted by atomic mass is 9.99. The van der Waals surface area contributed by atoms with Crippen molar-refractivity contribution in [3.8, 4) is 0 Å². The molecule has 0 amide bonds. The van der Waals surface area contributed by atoms with Crippen LogP contribution in [0.3, 0.4) is 0 Å². The van der Waals surface area contributed by atoms with Gasteiger partial charge in [-0.1, -0.05) is 18.2 Å². The Balaban J connectivity index is 1.80. The van der Waals surface area contributed by atoms with Crippen LogP contribution >= 0.6 is 0 Å². The average molecular weight is 190 g/mol. The third-order valence-electron chi connectivity index (χ3n) is 2.94. The first kappa shape index (κ1) is 9.53. The van der Waals surface area contributed by atoms with Gasteiger partial charge in [0.05, 0.1) is 0 Å². The normalized spacial score (nSPS) is 16.4. The monoisotopic (exact) mass is 190 g/mol. The number of benzene rings is 1. The molecule has 1 fully saturated rings. The van der Waals surface area contributed by atoms with Crippen LogP contribution < -0.4 is 10.2 Å². The second kappa shape index (κ2) is 4.47. The molecule has 1 saturated heterocycles. The molecule has 1 heterocycles. The van der Waals surface area contributed by atoms with Crippen molar-refractivity contribution < 1.29 is 0 Å². The van der Waals surface area contributed by atoms with E-state index in [1.165, 1.54) is 25.2 Å². The van der Waals surface area contributed by atoms with Gasteiger partial charge in [0, 0.05) is 19.3 Å². The summed E-state index contributed by atoms with van der Waals surface area (Å²) >= 11 is 0. The largest absolute Gasteiger partial charge is 0.375 e. The maximum absolute atomic E-state index is 3.31. The van der Waals surface area contributed by atoms with Crippen molar-refractivity contribution in [1.82, 2.24) is 5.32 Å². The molecule has 1 aliphatic rings. The van der Waals surface area contributed by atoms with E-state index in [0.29, 0.717) is 0 Å². The molecule has 0 aromatic heterocycles. The summed E-state index contributed by atoms with van der Waals surface area (Å²) in [5.74, 6) is 0.904. The summed E-state index contributed by atoms with van der Waals surface area (Å²) in [5, 5.41) is 3.31. The minimum atomic E-state index is 0.904. The van der Waals surface area contributed by atoms with Crippen molar-refractivity contribution in [3.63, 3.8) is 0 Å². The van der Waals surface area contributed by atoms with Crippen molar-refractivity contribution >= 4 is 5.69 Å². The number of hydrogen-bond acceptors (Lipinski definition) is 2. The van der Waals surface area contributed by atoms with Gasteiger partial charge in [-0.25, -0.2) is 0 Å². The molecule has 14 heavy (non-hydrogen) atoms. The zero-order valence-electron chi connectivity index (χ0n) is 8.74. The zero-order chi connectivity index (χ0) is 9.80. The molecule has 0 aliphatic carbocycles. The lowest BCUT2D eigenvalue weighted by Crippen LogP contribution is -2.43. The molecule has 0 saturated carbocycles. The van der Waals surface area contributed by atoms with Crippen LogP contribution in [0.5, 0.6) is 0 Å². The fourth-order valence-corrected chi connectivity index (χ4v) is 1.74. The van der Waals surface area contributed by atoms with Crippen LogP contribution in [0.1, 0.15) is 6.42 Å². The first-order valence-corrected chi connectivity index (χ1v) is 5.33. The number of rotatable bonds is 4. The quantitative estimate of drug-likeness (QED) is 0.778. The van der Waals surface area contributed by atoms with Gasteiger partial charge in [0.2, 0.25) is 0 Å². The average Bonchev–Trinajstić information content (AvgIpc) is 2.16. The first-order valence-electron chi connectivity index (χ1n) is 5.33. The molecule has 2 nitrogen and oxygen atoms in total. The summed E-state index contributed by atoms with van der Waals surface area (Å²) in [4.78, 5) is 2.33. The summed E-state index contributed by atoms with van der Waals surface area (Å²) in [6, 6.07) is 10.6. The van der Waals surface area contributed by atoms with Gasteiger partial charge in [-0.15, -0.1) is 0 Å². The van der Waals surface area contributed by atoms with E-state index in [-0.39, 0.29) is 0 Å². The molecule has 2 rings (SSSR count). The van der Waals surface area contributed by atoms with Crippen molar-refractivity contribution in [2.75, 3.05) is 31.6 Å². The summed E-state index contributed by atoms with van der Waals surface area (Å²) in [6.07, 6.45) is 1.30. The molecule has 2 heteroatoms. The van der Waals surface area contributed by atoms with Gasteiger partial charge in [-0.05, 0) is 37.6 Å². The summed E-state index contributed by atoms with van der Waals surface area (Å²) in [6.45, 7) is 3.58. The predicted molar refractivity (Wildman–Crippen MR) is 60.7 cm³/mol. The Kier molecular flexibility index (Phi) is 3.04. The highest BCUT2D eigenvalue weighted by molar-refractivity contribution is 5.44. The van der Waals surface area contributed by atoms with E-state index >= 15 is 0 Å². The number of anilines is 1. The van der Waals surface area contributed by atoms with Crippen LogP contribution in [0.4, 0.5) is 5.69 Å². The smallest absolute Gasteiger partial charge is 0.0363 e. The molecular weight excluding hydrogens is 172 g/mol. The zero-order valence-corrected chi connectivity index (χ0v) is 8.74. The maximum Gasteiger partial charge on any atom is 0.0363 e. The molecule has 76 valence electrons. The SMILES string of the molecule is CN(CCC1CNC1)c1ccccc1. The lowest BCUT2D eigenvalue weighted by molar-refractivity contribution is 0.330. The van der Waals surface area contributed by atoms with Crippen LogP contribution in [0.25, 0.3) is 0 Å². The molecule has 1 aliphatic heterocycles. The van der Waals surface area contributed by atoms with E-state index in [1.54, 1.807) is 0 Å². The number of hydrogen-bond donors (Lipinski definition) is 1. The Bertz CT molecular complexity index is 267. The van der Waals surface area contributed by atoms with Gasteiger partial charge in [-0.2, -0.15) is 0 Å². The third-order valence-corrected chi connectivity index (χ3v) is 2.94. The van der Waals surface area contributed by atoms with Crippen molar-refractivity contribution in [1.29, 1.82) is 0 Å². The van der Waals surface area contributed by atoms with E-state index in [4.69, 9.17) is 0 Å². The molecule has 0 spiro atoms. The van der Waals surface area contributed by atoms with Gasteiger partial charge in [0.15, 0.2) is 0 Å². The summed E-state index contributed by atoms with van der Waals surface area (Å²) in [5.41, 5.74) is 1.32. The fourth-order valence-electron chi connectivity index (χ4n) is 1.74. The lowest BCUT2D eigenvalue weighted by Gasteiger charge is -2.29. The Labute approximate surface area is 85.9 Å². The predicted octanol–water partition coefficient (Wildman–Crippen LogP) is 1.73. The molecule has 1 N–H and O–H groups in total. The molecule has 0 unspecified atom stereocenters. The van der Waals surface area contributed by atoms with Crippen LogP contribution in [0.2, 0.25) is 0 Å². The Morgan fingerprint density at radius 1 is 1.29 bits per heavy atom. The van der Waals surface area contributed by atoms with E-state index in [0.717, 1.165) is 12.5 Å². The van der Waals surface area contributed by atoms with Crippen molar-refractivity contribution in [2.45, 2.75) is 6.42 Å². The maximum atomic E-state index is 3.31. The topological polar surface area (TPSA) is 15.3 Å². The molecule has 1 aromatic rings. The summed E-state index contributed by atoms with van der Waals surface area (Å²) < 4.78 is 0. The highest BCUT2D eigenvalue weighted by Crippen LogP contribution is 2.14. The second-order valence-corrected chi connectivity index (χ2v) is 4.07. The highest BCUT2D eigenvalue weighted by atomic mass is 15.1. The van der Waals surface area contributed by atoms with E-state index in [1.807, 2.05) is 0 Å². The number of nitrogens with zero attached hydrogens (tertiary/aromatic N) is 1. The summed E-state index contributed by atoms with van der Waals surface area (Å²) in [7, 11) is 2.17. The third kappa shape index (κ3) is 2.26. The van der Waals surface area contributed by atoms with E-state index < -0.39 is 0 Å². The molecule has 1 aromatic carbocycles. The van der Waals surface area contributed by atoms with Crippen LogP contribution in [0, 0.1) is 5.92 Å². The van der Waals surface area contributed by atoms with Crippen molar-refractivity contribution in [2.24, 2.45) is 5.92 Å². The fraction of sp³-hybridized carbons (Fsp3) is 0.500. The number of nitrogens with one attached hydrogen (secondary N) is 1. The minimum absolute atomic E-state index is 0.904. The van der Waals surface area contributed by atoms with Crippen molar-refractivity contribution in [3.05, 3.63) is 30.3 Å². The standard InChI is InChI=1S/C12H18N2/c1-14(8-7-11-9-13-10-11)12-5-3-2-4-6-12/h2-6,11,13H,7-10H2,1H3. The van der Waals surface area contributed by atoms with Crippen LogP contribution in [-0.4, -0.2) is 26.7 Å². The van der Waals surface area contributed by atoms with Gasteiger partial charge in [0.1, 0.15) is 0 Å². The first-order chi connectivity index (χ1) is 6.86. The van der Waals surface area contributed by atoms with E-state index in [2.05, 4.69) is 47.6 Å². The Hall–Kier alpha value is -1.02. The van der Waals surface area contributed by atoms with Gasteiger partial charge in [0.25, 0.3) is 0 Å². The van der Waals surface area contributed by atoms with Gasteiger partial charge >= 0.3 is 0 Å². The highest BCUT2D eigenvalue weighted by Gasteiger charge is 2.16. The molecule has 0 bridgehead atoms. The van der Waals surface area contributed by atoms with E-state index in [9.17, 15) is 0 Å². The van der Waals surface area contributed by atoms with Crippen LogP contribution in [0.15, 0.2) is 30.3 Å². The molecule has 0 atom stereocenters. The Morgan fingerprint density at radius 3 is 2.57 bits per heavy atom. The second-order valence-electron chi connectivity index (χ2n) is 4.07. The van der Waals surface area contributed by atoms with Gasteiger partial charge in [-0.3, -0.25) is 0 Å². The molecule has 0 radical (unpaired) electrons. The number of para-hydroxylation sites is 1. The molecular formula is C12H18N2. The minimum Gasteiger partial charge on any atom is -0.375 e.